The predicted molar refractivity (Wildman–Crippen MR) is 74.8 cm³/mol. The minimum Gasteiger partial charge on any atom is -0.497 e. The average molecular weight is 261 g/mol. The number of aliphatic imine (C=N–C) groups is 1. The van der Waals surface area contributed by atoms with Crippen LogP contribution in [-0.4, -0.2) is 12.9 Å². The van der Waals surface area contributed by atoms with Gasteiger partial charge in [-0.3, -0.25) is 0 Å². The molecule has 2 N–H and O–H groups in total. The molecule has 0 saturated carbocycles. The molecule has 0 spiro atoms. The lowest BCUT2D eigenvalue weighted by Crippen LogP contribution is -2.13. The van der Waals surface area contributed by atoms with Gasteiger partial charge in [0.05, 0.1) is 17.8 Å². The van der Waals surface area contributed by atoms with E-state index < -0.39 is 0 Å². The maximum Gasteiger partial charge on any atom is 0.132 e. The monoisotopic (exact) mass is 260 g/mol. The first-order valence-corrected chi connectivity index (χ1v) is 5.81. The summed E-state index contributed by atoms with van der Waals surface area (Å²) in [6, 6.07) is 14.7. The van der Waals surface area contributed by atoms with E-state index in [1.165, 1.54) is 0 Å². The van der Waals surface area contributed by atoms with E-state index in [4.69, 9.17) is 22.1 Å². The molecular weight excluding hydrogens is 248 g/mol. The number of hydrogen-bond donors (Lipinski definition) is 1. The fourth-order valence-corrected chi connectivity index (χ4v) is 1.76. The van der Waals surface area contributed by atoms with Crippen molar-refractivity contribution in [3.8, 4) is 5.75 Å². The quantitative estimate of drug-likeness (QED) is 0.679. The van der Waals surface area contributed by atoms with Gasteiger partial charge in [0.25, 0.3) is 0 Å². The summed E-state index contributed by atoms with van der Waals surface area (Å²) in [5, 5.41) is 0.590. The smallest absolute Gasteiger partial charge is 0.132 e. The number of rotatable bonds is 3. The van der Waals surface area contributed by atoms with E-state index in [1.807, 2.05) is 42.5 Å². The van der Waals surface area contributed by atoms with Crippen LogP contribution in [0.25, 0.3) is 0 Å². The number of ether oxygens (including phenoxy) is 1. The van der Waals surface area contributed by atoms with Crippen molar-refractivity contribution in [2.45, 2.75) is 0 Å². The minimum absolute atomic E-state index is 0.394. The molecule has 0 atom stereocenters. The Kier molecular flexibility index (Phi) is 3.85. The summed E-state index contributed by atoms with van der Waals surface area (Å²) in [7, 11) is 1.62. The highest BCUT2D eigenvalue weighted by Crippen LogP contribution is 2.20. The number of amidine groups is 1. The fourth-order valence-electron chi connectivity index (χ4n) is 1.53. The van der Waals surface area contributed by atoms with Crippen molar-refractivity contribution in [1.29, 1.82) is 0 Å². The summed E-state index contributed by atoms with van der Waals surface area (Å²) in [5.41, 5.74) is 7.42. The van der Waals surface area contributed by atoms with E-state index in [9.17, 15) is 0 Å². The van der Waals surface area contributed by atoms with Gasteiger partial charge in [-0.25, -0.2) is 4.99 Å². The zero-order valence-electron chi connectivity index (χ0n) is 9.93. The third kappa shape index (κ3) is 2.81. The first-order chi connectivity index (χ1) is 8.70. The third-order valence-corrected chi connectivity index (χ3v) is 2.80. The molecule has 0 radical (unpaired) electrons. The Bertz CT molecular complexity index is 564. The van der Waals surface area contributed by atoms with Gasteiger partial charge in [-0.2, -0.15) is 0 Å². The minimum atomic E-state index is 0.394. The first kappa shape index (κ1) is 12.5. The molecule has 0 aromatic heterocycles. The molecule has 0 unspecified atom stereocenters. The summed E-state index contributed by atoms with van der Waals surface area (Å²) in [6.45, 7) is 0. The summed E-state index contributed by atoms with van der Waals surface area (Å²) >= 11 is 6.05. The van der Waals surface area contributed by atoms with Crippen LogP contribution in [0.1, 0.15) is 5.56 Å². The molecule has 0 aliphatic rings. The highest BCUT2D eigenvalue weighted by Gasteiger charge is 2.03. The average Bonchev–Trinajstić information content (AvgIpc) is 2.40. The van der Waals surface area contributed by atoms with Gasteiger partial charge in [-0.15, -0.1) is 0 Å². The molecule has 0 aliphatic heterocycles. The maximum absolute atomic E-state index is 6.05. The summed E-state index contributed by atoms with van der Waals surface area (Å²) < 4.78 is 5.08. The number of halogens is 1. The number of hydrogen-bond acceptors (Lipinski definition) is 2. The van der Waals surface area contributed by atoms with Crippen LogP contribution in [-0.2, 0) is 0 Å². The van der Waals surface area contributed by atoms with E-state index >= 15 is 0 Å². The summed E-state index contributed by atoms with van der Waals surface area (Å²) in [6.07, 6.45) is 0. The number of nitrogens with zero attached hydrogens (tertiary/aromatic N) is 1. The zero-order valence-corrected chi connectivity index (χ0v) is 10.7. The second kappa shape index (κ2) is 5.56. The summed E-state index contributed by atoms with van der Waals surface area (Å²) in [4.78, 5) is 4.32. The van der Waals surface area contributed by atoms with Gasteiger partial charge in [0.15, 0.2) is 0 Å². The number of benzene rings is 2. The van der Waals surface area contributed by atoms with Crippen molar-refractivity contribution >= 4 is 23.1 Å². The predicted octanol–water partition coefficient (Wildman–Crippen LogP) is 3.39. The van der Waals surface area contributed by atoms with Gasteiger partial charge < -0.3 is 10.5 Å². The molecular formula is C14H13ClN2O. The number of methoxy groups -OCH3 is 1. The number of nitrogens with two attached hydrogens (primary N) is 1. The van der Waals surface area contributed by atoms with Gasteiger partial charge in [-0.1, -0.05) is 23.7 Å². The fraction of sp³-hybridized carbons (Fsp3) is 0.0714. The van der Waals surface area contributed by atoms with Gasteiger partial charge >= 0.3 is 0 Å². The second-order valence-electron chi connectivity index (χ2n) is 3.67. The highest BCUT2D eigenvalue weighted by molar-refractivity contribution is 6.34. The van der Waals surface area contributed by atoms with E-state index in [1.54, 1.807) is 13.2 Å². The normalized spacial score (nSPS) is 11.3. The zero-order chi connectivity index (χ0) is 13.0. The van der Waals surface area contributed by atoms with E-state index in [0.29, 0.717) is 10.9 Å². The van der Waals surface area contributed by atoms with Gasteiger partial charge in [0, 0.05) is 5.56 Å². The Labute approximate surface area is 111 Å². The maximum atomic E-state index is 6.05. The Balaban J connectivity index is 2.29. The van der Waals surface area contributed by atoms with Crippen LogP contribution in [0.3, 0.4) is 0 Å². The molecule has 0 heterocycles. The molecule has 0 saturated heterocycles. The molecule has 0 aliphatic carbocycles. The third-order valence-electron chi connectivity index (χ3n) is 2.47. The molecule has 3 nitrogen and oxygen atoms in total. The molecule has 0 fully saturated rings. The lowest BCUT2D eigenvalue weighted by Gasteiger charge is -2.04. The van der Waals surface area contributed by atoms with Gasteiger partial charge in [0.1, 0.15) is 11.6 Å². The van der Waals surface area contributed by atoms with Crippen LogP contribution in [0.5, 0.6) is 5.75 Å². The van der Waals surface area contributed by atoms with E-state index in [-0.39, 0.29) is 0 Å². The second-order valence-corrected chi connectivity index (χ2v) is 4.08. The van der Waals surface area contributed by atoms with Crippen molar-refractivity contribution < 1.29 is 4.74 Å². The van der Waals surface area contributed by atoms with Crippen LogP contribution >= 0.6 is 11.6 Å². The largest absolute Gasteiger partial charge is 0.497 e. The van der Waals surface area contributed by atoms with Crippen LogP contribution in [0, 0.1) is 0 Å². The molecule has 0 amide bonds. The van der Waals surface area contributed by atoms with Crippen LogP contribution in [0.2, 0.25) is 5.02 Å². The lowest BCUT2D eigenvalue weighted by atomic mass is 10.2. The van der Waals surface area contributed by atoms with Gasteiger partial charge in [0.2, 0.25) is 0 Å². The van der Waals surface area contributed by atoms with E-state index in [2.05, 4.69) is 4.99 Å². The highest BCUT2D eigenvalue weighted by atomic mass is 35.5. The molecule has 92 valence electrons. The van der Waals surface area contributed by atoms with Crippen LogP contribution < -0.4 is 10.5 Å². The first-order valence-electron chi connectivity index (χ1n) is 5.44. The molecule has 18 heavy (non-hydrogen) atoms. The molecule has 4 heteroatoms. The van der Waals surface area contributed by atoms with Crippen LogP contribution in [0.15, 0.2) is 53.5 Å². The van der Waals surface area contributed by atoms with E-state index in [0.717, 1.165) is 17.0 Å². The van der Waals surface area contributed by atoms with Crippen molar-refractivity contribution in [2.75, 3.05) is 7.11 Å². The lowest BCUT2D eigenvalue weighted by molar-refractivity contribution is 0.415. The van der Waals surface area contributed by atoms with Crippen molar-refractivity contribution in [2.24, 2.45) is 10.7 Å². The molecule has 2 aromatic carbocycles. The molecule has 2 aromatic rings. The van der Waals surface area contributed by atoms with Crippen molar-refractivity contribution in [3.05, 3.63) is 59.1 Å². The topological polar surface area (TPSA) is 47.6 Å². The SMILES string of the molecule is COc1ccc(N=C(N)c2ccccc2Cl)cc1. The standard InChI is InChI=1S/C14H13ClN2O/c1-18-11-8-6-10(7-9-11)17-14(16)12-4-2-3-5-13(12)15/h2-9H,1H3,(H2,16,17). The summed E-state index contributed by atoms with van der Waals surface area (Å²) in [5.74, 6) is 1.18. The van der Waals surface area contributed by atoms with Crippen molar-refractivity contribution in [3.63, 3.8) is 0 Å². The van der Waals surface area contributed by atoms with Crippen LogP contribution in [0.4, 0.5) is 5.69 Å². The Morgan fingerprint density at radius 1 is 1.11 bits per heavy atom. The van der Waals surface area contributed by atoms with Crippen molar-refractivity contribution in [1.82, 2.24) is 0 Å². The Morgan fingerprint density at radius 3 is 2.39 bits per heavy atom. The molecule has 0 bridgehead atoms. The van der Waals surface area contributed by atoms with Gasteiger partial charge in [-0.05, 0) is 36.4 Å². The Morgan fingerprint density at radius 2 is 1.78 bits per heavy atom. The molecule has 2 rings (SSSR count). The Hall–Kier alpha value is -2.00.